The summed E-state index contributed by atoms with van der Waals surface area (Å²) in [5, 5.41) is 0. The van der Waals surface area contributed by atoms with Gasteiger partial charge in [0.2, 0.25) is 0 Å². The average Bonchev–Trinajstić information content (AvgIpc) is 2.49. The van der Waals surface area contributed by atoms with Crippen molar-refractivity contribution in [3.63, 3.8) is 0 Å². The SMILES string of the molecule is Cc1ccccc1OCCN(C)C(=O)c1c[nH]ccc1=O. The minimum absolute atomic E-state index is 0.135. The zero-order valence-corrected chi connectivity index (χ0v) is 12.1. The Labute approximate surface area is 123 Å². The van der Waals surface area contributed by atoms with Crippen molar-refractivity contribution in [3.8, 4) is 5.75 Å². The summed E-state index contributed by atoms with van der Waals surface area (Å²) in [5.74, 6) is 0.487. The van der Waals surface area contributed by atoms with E-state index in [0.717, 1.165) is 11.3 Å². The summed E-state index contributed by atoms with van der Waals surface area (Å²) in [6, 6.07) is 9.04. The summed E-state index contributed by atoms with van der Waals surface area (Å²) in [6.45, 7) is 2.74. The fourth-order valence-corrected chi connectivity index (χ4v) is 1.90. The van der Waals surface area contributed by atoms with Crippen molar-refractivity contribution in [1.29, 1.82) is 0 Å². The summed E-state index contributed by atoms with van der Waals surface area (Å²) in [7, 11) is 1.65. The highest BCUT2D eigenvalue weighted by atomic mass is 16.5. The maximum Gasteiger partial charge on any atom is 0.259 e. The molecule has 110 valence electrons. The van der Waals surface area contributed by atoms with Gasteiger partial charge in [-0.05, 0) is 18.6 Å². The van der Waals surface area contributed by atoms with Gasteiger partial charge in [0.25, 0.3) is 5.91 Å². The summed E-state index contributed by atoms with van der Waals surface area (Å²) >= 11 is 0. The third-order valence-electron chi connectivity index (χ3n) is 3.18. The third kappa shape index (κ3) is 3.72. The number of rotatable bonds is 5. The van der Waals surface area contributed by atoms with Crippen LogP contribution in [0.2, 0.25) is 0 Å². The fourth-order valence-electron chi connectivity index (χ4n) is 1.90. The Hall–Kier alpha value is -2.56. The molecule has 0 fully saturated rings. The molecule has 0 unspecified atom stereocenters. The molecular formula is C16H18N2O3. The number of aromatic nitrogens is 1. The predicted octanol–water partition coefficient (Wildman–Crippen LogP) is 1.83. The van der Waals surface area contributed by atoms with Gasteiger partial charge in [-0.25, -0.2) is 0 Å². The van der Waals surface area contributed by atoms with E-state index in [1.165, 1.54) is 23.4 Å². The number of benzene rings is 1. The number of H-pyrrole nitrogens is 1. The number of hydrogen-bond acceptors (Lipinski definition) is 3. The highest BCUT2D eigenvalue weighted by Gasteiger charge is 2.14. The van der Waals surface area contributed by atoms with Crippen LogP contribution in [0.1, 0.15) is 15.9 Å². The number of hydrogen-bond donors (Lipinski definition) is 1. The molecule has 0 atom stereocenters. The van der Waals surface area contributed by atoms with Crippen LogP contribution in [0.4, 0.5) is 0 Å². The number of aryl methyl sites for hydroxylation is 1. The lowest BCUT2D eigenvalue weighted by molar-refractivity contribution is 0.0772. The Morgan fingerprint density at radius 1 is 1.29 bits per heavy atom. The van der Waals surface area contributed by atoms with Crippen molar-refractivity contribution in [2.24, 2.45) is 0 Å². The van der Waals surface area contributed by atoms with Gasteiger partial charge < -0.3 is 14.6 Å². The van der Waals surface area contributed by atoms with Crippen molar-refractivity contribution in [1.82, 2.24) is 9.88 Å². The molecule has 0 aliphatic carbocycles. The van der Waals surface area contributed by atoms with E-state index in [0.29, 0.717) is 13.2 Å². The topological polar surface area (TPSA) is 62.4 Å². The standard InChI is InChI=1S/C16H18N2O3/c1-12-5-3-4-6-15(12)21-10-9-18(2)16(20)13-11-17-8-7-14(13)19/h3-8,11H,9-10H2,1-2H3,(H,17,19). The Morgan fingerprint density at radius 2 is 2.05 bits per heavy atom. The Morgan fingerprint density at radius 3 is 2.76 bits per heavy atom. The van der Waals surface area contributed by atoms with Crippen LogP contribution in [0, 0.1) is 6.92 Å². The number of carbonyl (C=O) groups excluding carboxylic acids is 1. The number of ether oxygens (including phenoxy) is 1. The molecule has 2 rings (SSSR count). The quantitative estimate of drug-likeness (QED) is 0.912. The van der Waals surface area contributed by atoms with Gasteiger partial charge in [0.1, 0.15) is 17.9 Å². The predicted molar refractivity (Wildman–Crippen MR) is 80.7 cm³/mol. The van der Waals surface area contributed by atoms with Gasteiger partial charge in [-0.1, -0.05) is 18.2 Å². The molecule has 5 nitrogen and oxygen atoms in total. The van der Waals surface area contributed by atoms with Crippen molar-refractivity contribution in [3.05, 3.63) is 64.1 Å². The Balaban J connectivity index is 1.92. The third-order valence-corrected chi connectivity index (χ3v) is 3.18. The van der Waals surface area contributed by atoms with E-state index in [4.69, 9.17) is 4.74 Å². The summed E-state index contributed by atoms with van der Waals surface area (Å²) < 4.78 is 5.64. The van der Waals surface area contributed by atoms with Crippen LogP contribution in [0.5, 0.6) is 5.75 Å². The van der Waals surface area contributed by atoms with Gasteiger partial charge >= 0.3 is 0 Å². The van der Waals surface area contributed by atoms with Gasteiger partial charge in [-0.15, -0.1) is 0 Å². The number of nitrogens with one attached hydrogen (secondary N) is 1. The summed E-state index contributed by atoms with van der Waals surface area (Å²) in [4.78, 5) is 28.0. The number of carbonyl (C=O) groups is 1. The van der Waals surface area contributed by atoms with Crippen LogP contribution in [-0.2, 0) is 0 Å². The first-order chi connectivity index (χ1) is 10.1. The van der Waals surface area contributed by atoms with Gasteiger partial charge in [0.15, 0.2) is 5.43 Å². The highest BCUT2D eigenvalue weighted by Crippen LogP contribution is 2.15. The van der Waals surface area contributed by atoms with Crippen molar-refractivity contribution >= 4 is 5.91 Å². The molecule has 0 radical (unpaired) electrons. The first-order valence-electron chi connectivity index (χ1n) is 6.70. The van der Waals surface area contributed by atoms with Crippen LogP contribution in [-0.4, -0.2) is 36.0 Å². The molecule has 2 aromatic rings. The molecule has 0 aliphatic heterocycles. The molecule has 5 heteroatoms. The van der Waals surface area contributed by atoms with E-state index < -0.39 is 0 Å². The van der Waals surface area contributed by atoms with Crippen LogP contribution in [0.3, 0.4) is 0 Å². The van der Waals surface area contributed by atoms with Crippen LogP contribution >= 0.6 is 0 Å². The second-order valence-electron chi connectivity index (χ2n) is 4.76. The van der Waals surface area contributed by atoms with E-state index in [1.54, 1.807) is 7.05 Å². The molecule has 1 aromatic heterocycles. The monoisotopic (exact) mass is 286 g/mol. The van der Waals surface area contributed by atoms with E-state index in [2.05, 4.69) is 4.98 Å². The summed E-state index contributed by atoms with van der Waals surface area (Å²) in [5.41, 5.74) is 0.896. The van der Waals surface area contributed by atoms with E-state index in [1.807, 2.05) is 31.2 Å². The van der Waals surface area contributed by atoms with E-state index in [-0.39, 0.29) is 16.9 Å². The molecule has 0 bridgehead atoms. The van der Waals surface area contributed by atoms with E-state index in [9.17, 15) is 9.59 Å². The van der Waals surface area contributed by atoms with Gasteiger partial charge in [0.05, 0.1) is 6.54 Å². The molecule has 1 aromatic carbocycles. The lowest BCUT2D eigenvalue weighted by Crippen LogP contribution is -2.33. The molecule has 21 heavy (non-hydrogen) atoms. The first kappa shape index (κ1) is 14.8. The second kappa shape index (κ2) is 6.74. The molecule has 0 saturated carbocycles. The largest absolute Gasteiger partial charge is 0.491 e. The number of amides is 1. The molecule has 1 heterocycles. The number of aromatic amines is 1. The zero-order valence-electron chi connectivity index (χ0n) is 12.1. The normalized spacial score (nSPS) is 10.2. The van der Waals surface area contributed by atoms with Gasteiger partial charge in [-0.2, -0.15) is 0 Å². The molecule has 0 spiro atoms. The Bertz CT molecular complexity index is 679. The maximum absolute atomic E-state index is 12.1. The zero-order chi connectivity index (χ0) is 15.2. The minimum Gasteiger partial charge on any atom is -0.491 e. The second-order valence-corrected chi connectivity index (χ2v) is 4.76. The average molecular weight is 286 g/mol. The fraction of sp³-hybridized carbons (Fsp3) is 0.250. The number of para-hydroxylation sites is 1. The molecule has 0 saturated heterocycles. The van der Waals surface area contributed by atoms with Crippen LogP contribution < -0.4 is 10.2 Å². The molecule has 1 N–H and O–H groups in total. The van der Waals surface area contributed by atoms with Crippen molar-refractivity contribution < 1.29 is 9.53 Å². The van der Waals surface area contributed by atoms with E-state index >= 15 is 0 Å². The highest BCUT2D eigenvalue weighted by molar-refractivity contribution is 5.93. The molecular weight excluding hydrogens is 268 g/mol. The van der Waals surface area contributed by atoms with Gasteiger partial charge in [-0.3, -0.25) is 9.59 Å². The van der Waals surface area contributed by atoms with Crippen LogP contribution in [0.25, 0.3) is 0 Å². The lowest BCUT2D eigenvalue weighted by atomic mass is 10.2. The number of likely N-dealkylation sites (N-methyl/N-ethyl adjacent to an activating group) is 1. The molecule has 0 aliphatic rings. The molecule has 1 amide bonds. The van der Waals surface area contributed by atoms with Crippen LogP contribution in [0.15, 0.2) is 47.5 Å². The minimum atomic E-state index is -0.315. The van der Waals surface area contributed by atoms with Crippen molar-refractivity contribution in [2.75, 3.05) is 20.2 Å². The maximum atomic E-state index is 12.1. The Kier molecular flexibility index (Phi) is 4.77. The smallest absolute Gasteiger partial charge is 0.259 e. The van der Waals surface area contributed by atoms with Gasteiger partial charge in [0, 0.05) is 25.5 Å². The lowest BCUT2D eigenvalue weighted by Gasteiger charge is -2.17. The number of pyridine rings is 1. The van der Waals surface area contributed by atoms with Crippen molar-refractivity contribution in [2.45, 2.75) is 6.92 Å². The summed E-state index contributed by atoms with van der Waals surface area (Å²) in [6.07, 6.45) is 2.92. The number of nitrogens with zero attached hydrogens (tertiary/aromatic N) is 1. The first-order valence-corrected chi connectivity index (χ1v) is 6.70.